The second kappa shape index (κ2) is 9.83. The predicted octanol–water partition coefficient (Wildman–Crippen LogP) is 5.34. The van der Waals surface area contributed by atoms with Crippen molar-refractivity contribution in [3.8, 4) is 11.3 Å². The van der Waals surface area contributed by atoms with E-state index in [9.17, 15) is 4.79 Å². The summed E-state index contributed by atoms with van der Waals surface area (Å²) in [7, 11) is 1.40. The maximum absolute atomic E-state index is 11.6. The van der Waals surface area contributed by atoms with Gasteiger partial charge in [-0.05, 0) is 67.5 Å². The molecule has 1 saturated heterocycles. The van der Waals surface area contributed by atoms with Crippen LogP contribution in [-0.4, -0.2) is 34.6 Å². The molecule has 2 aromatic heterocycles. The second-order valence-corrected chi connectivity index (χ2v) is 8.93. The Morgan fingerprint density at radius 2 is 2.12 bits per heavy atom. The van der Waals surface area contributed by atoms with Crippen molar-refractivity contribution in [2.45, 2.75) is 31.8 Å². The highest BCUT2D eigenvalue weighted by Crippen LogP contribution is 2.41. The summed E-state index contributed by atoms with van der Waals surface area (Å²) in [5.74, 6) is 1.33. The zero-order valence-electron chi connectivity index (χ0n) is 17.9. The molecule has 3 heterocycles. The molecule has 0 amide bonds. The minimum absolute atomic E-state index is 0.165. The van der Waals surface area contributed by atoms with Crippen molar-refractivity contribution in [2.75, 3.05) is 13.7 Å². The summed E-state index contributed by atoms with van der Waals surface area (Å²) in [5, 5.41) is 4.01. The highest BCUT2D eigenvalue weighted by atomic mass is 79.9. The molecule has 1 fully saturated rings. The molecule has 32 heavy (non-hydrogen) atoms. The molecule has 0 aliphatic carbocycles. The Kier molecular flexibility index (Phi) is 6.91. The van der Waals surface area contributed by atoms with Crippen LogP contribution in [0.2, 0.25) is 0 Å². The van der Waals surface area contributed by atoms with Crippen LogP contribution in [0, 0.1) is 6.92 Å². The van der Waals surface area contributed by atoms with Gasteiger partial charge < -0.3 is 19.4 Å². The SMILES string of the molecule is COC(=O)CCCN1C(=S)NC(c2ccccn2)C1c1ccc(-c2ccc(C)cc2Br)o1. The molecule has 4 rings (SSSR count). The third-order valence-electron chi connectivity index (χ3n) is 5.51. The van der Waals surface area contributed by atoms with Crippen molar-refractivity contribution in [2.24, 2.45) is 0 Å². The third-order valence-corrected chi connectivity index (χ3v) is 6.52. The van der Waals surface area contributed by atoms with Gasteiger partial charge in [-0.2, -0.15) is 0 Å². The first kappa shape index (κ1) is 22.5. The molecule has 1 aromatic carbocycles. The molecule has 2 unspecified atom stereocenters. The average Bonchev–Trinajstić information content (AvgIpc) is 3.39. The molecule has 2 atom stereocenters. The third kappa shape index (κ3) is 4.71. The number of nitrogens with one attached hydrogen (secondary N) is 1. The van der Waals surface area contributed by atoms with Gasteiger partial charge in [0.1, 0.15) is 17.6 Å². The van der Waals surface area contributed by atoms with E-state index in [0.717, 1.165) is 27.3 Å². The van der Waals surface area contributed by atoms with Crippen molar-refractivity contribution in [3.63, 3.8) is 0 Å². The number of furan rings is 1. The number of hydrogen-bond donors (Lipinski definition) is 1. The van der Waals surface area contributed by atoms with Gasteiger partial charge in [0.15, 0.2) is 5.11 Å². The van der Waals surface area contributed by atoms with Crippen LogP contribution in [-0.2, 0) is 9.53 Å². The molecule has 8 heteroatoms. The largest absolute Gasteiger partial charge is 0.469 e. The molecule has 3 aromatic rings. The first-order valence-corrected chi connectivity index (χ1v) is 11.6. The summed E-state index contributed by atoms with van der Waals surface area (Å²) in [6, 6.07) is 15.6. The molecule has 1 aliphatic heterocycles. The van der Waals surface area contributed by atoms with E-state index in [1.54, 1.807) is 6.20 Å². The molecule has 0 bridgehead atoms. The van der Waals surface area contributed by atoms with E-state index in [1.165, 1.54) is 12.7 Å². The van der Waals surface area contributed by atoms with E-state index >= 15 is 0 Å². The van der Waals surface area contributed by atoms with Crippen LogP contribution < -0.4 is 5.32 Å². The molecular weight excluding hydrogens is 490 g/mol. The van der Waals surface area contributed by atoms with Crippen LogP contribution in [0.3, 0.4) is 0 Å². The molecule has 1 aliphatic rings. The zero-order chi connectivity index (χ0) is 22.7. The maximum Gasteiger partial charge on any atom is 0.305 e. The lowest BCUT2D eigenvalue weighted by molar-refractivity contribution is -0.140. The molecule has 166 valence electrons. The van der Waals surface area contributed by atoms with Gasteiger partial charge in [-0.25, -0.2) is 0 Å². The van der Waals surface area contributed by atoms with Crippen LogP contribution >= 0.6 is 28.1 Å². The first-order chi connectivity index (χ1) is 15.5. The highest BCUT2D eigenvalue weighted by molar-refractivity contribution is 9.10. The van der Waals surface area contributed by atoms with Crippen molar-refractivity contribution < 1.29 is 13.9 Å². The van der Waals surface area contributed by atoms with Gasteiger partial charge in [0.2, 0.25) is 0 Å². The minimum Gasteiger partial charge on any atom is -0.469 e. The molecular formula is C24H24BrN3O3S. The fourth-order valence-electron chi connectivity index (χ4n) is 3.93. The number of halogens is 1. The molecule has 6 nitrogen and oxygen atoms in total. The van der Waals surface area contributed by atoms with E-state index in [0.29, 0.717) is 24.5 Å². The van der Waals surface area contributed by atoms with Gasteiger partial charge >= 0.3 is 5.97 Å². The number of ether oxygens (including phenoxy) is 1. The summed E-state index contributed by atoms with van der Waals surface area (Å²) >= 11 is 9.30. The monoisotopic (exact) mass is 513 g/mol. The maximum atomic E-state index is 11.6. The lowest BCUT2D eigenvalue weighted by Crippen LogP contribution is -2.30. The minimum atomic E-state index is -0.231. The summed E-state index contributed by atoms with van der Waals surface area (Å²) in [6.45, 7) is 2.65. The second-order valence-electron chi connectivity index (χ2n) is 7.68. The van der Waals surface area contributed by atoms with Crippen molar-refractivity contribution in [1.82, 2.24) is 15.2 Å². The number of benzene rings is 1. The van der Waals surface area contributed by atoms with Gasteiger partial charge in [0.25, 0.3) is 0 Å². The van der Waals surface area contributed by atoms with Crippen molar-refractivity contribution in [1.29, 1.82) is 0 Å². The fraction of sp³-hybridized carbons (Fsp3) is 0.292. The van der Waals surface area contributed by atoms with Gasteiger partial charge in [-0.1, -0.05) is 28.1 Å². The topological polar surface area (TPSA) is 67.6 Å². The molecule has 0 spiro atoms. The number of aryl methyl sites for hydroxylation is 1. The smallest absolute Gasteiger partial charge is 0.305 e. The number of aromatic nitrogens is 1. The van der Waals surface area contributed by atoms with Crippen LogP contribution in [0.5, 0.6) is 0 Å². The van der Waals surface area contributed by atoms with E-state index < -0.39 is 0 Å². The number of pyridine rings is 1. The summed E-state index contributed by atoms with van der Waals surface area (Å²) < 4.78 is 12.1. The Morgan fingerprint density at radius 3 is 2.84 bits per heavy atom. The quantitative estimate of drug-likeness (QED) is 0.337. The van der Waals surface area contributed by atoms with Crippen molar-refractivity contribution >= 4 is 39.2 Å². The van der Waals surface area contributed by atoms with Gasteiger partial charge in [-0.3, -0.25) is 9.78 Å². The lowest BCUT2D eigenvalue weighted by atomic mass is 10.0. The lowest BCUT2D eigenvalue weighted by Gasteiger charge is -2.25. The summed E-state index contributed by atoms with van der Waals surface area (Å²) in [5.41, 5.74) is 3.04. The van der Waals surface area contributed by atoms with E-state index in [1.807, 2.05) is 36.4 Å². The zero-order valence-corrected chi connectivity index (χ0v) is 20.3. The number of nitrogens with zero attached hydrogens (tertiary/aromatic N) is 2. The van der Waals surface area contributed by atoms with Gasteiger partial charge in [-0.15, -0.1) is 0 Å². The van der Waals surface area contributed by atoms with Crippen LogP contribution in [0.1, 0.15) is 41.9 Å². The number of rotatable bonds is 7. The Morgan fingerprint density at radius 1 is 1.28 bits per heavy atom. The normalized spacial score (nSPS) is 18.0. The van der Waals surface area contributed by atoms with E-state index in [-0.39, 0.29) is 18.1 Å². The first-order valence-electron chi connectivity index (χ1n) is 10.4. The molecule has 0 radical (unpaired) electrons. The predicted molar refractivity (Wildman–Crippen MR) is 130 cm³/mol. The number of hydrogen-bond acceptors (Lipinski definition) is 5. The molecule has 1 N–H and O–H groups in total. The molecule has 0 saturated carbocycles. The summed E-state index contributed by atoms with van der Waals surface area (Å²) in [6.07, 6.45) is 2.72. The number of esters is 1. The Balaban J connectivity index is 1.66. The van der Waals surface area contributed by atoms with Crippen LogP contribution in [0.4, 0.5) is 0 Å². The van der Waals surface area contributed by atoms with Gasteiger partial charge in [0, 0.05) is 29.2 Å². The average molecular weight is 514 g/mol. The van der Waals surface area contributed by atoms with Gasteiger partial charge in [0.05, 0.1) is 18.8 Å². The Hall–Kier alpha value is -2.71. The number of carbonyl (C=O) groups is 1. The Labute approximate surface area is 201 Å². The Bertz CT molecular complexity index is 1120. The van der Waals surface area contributed by atoms with Crippen LogP contribution in [0.15, 0.2) is 63.6 Å². The van der Waals surface area contributed by atoms with E-state index in [2.05, 4.69) is 50.2 Å². The highest BCUT2D eigenvalue weighted by Gasteiger charge is 2.41. The fourth-order valence-corrected chi connectivity index (χ4v) is 4.95. The number of thiocarbonyl (C=S) groups is 1. The van der Waals surface area contributed by atoms with Crippen LogP contribution in [0.25, 0.3) is 11.3 Å². The number of carbonyl (C=O) groups excluding carboxylic acids is 1. The van der Waals surface area contributed by atoms with Crippen molar-refractivity contribution in [3.05, 3.63) is 76.2 Å². The number of methoxy groups -OCH3 is 1. The standard InChI is InChI=1S/C24H24BrN3O3S/c1-15-8-9-16(17(25)14-15)19-10-11-20(31-19)23-22(18-6-3-4-12-26-18)27-24(32)28(23)13-5-7-21(29)30-2/h3-4,6,8-12,14,22-23H,5,7,13H2,1-2H3,(H,27,32). The summed E-state index contributed by atoms with van der Waals surface area (Å²) in [4.78, 5) is 18.2. The van der Waals surface area contributed by atoms with E-state index in [4.69, 9.17) is 21.4 Å².